The number of para-hydroxylation sites is 2. The van der Waals surface area contributed by atoms with E-state index in [4.69, 9.17) is 18.9 Å². The van der Waals surface area contributed by atoms with Gasteiger partial charge >= 0.3 is 0 Å². The van der Waals surface area contributed by atoms with Crippen LogP contribution in [0.5, 0.6) is 23.0 Å². The third-order valence-electron chi connectivity index (χ3n) is 14.2. The molecule has 18 heteroatoms. The van der Waals surface area contributed by atoms with Crippen LogP contribution in [0.4, 0.5) is 0 Å². The number of benzene rings is 4. The number of ether oxygens (including phenoxy) is 4. The van der Waals surface area contributed by atoms with E-state index in [2.05, 4.69) is 150 Å². The van der Waals surface area contributed by atoms with E-state index >= 15 is 0 Å². The van der Waals surface area contributed by atoms with Crippen LogP contribution >= 0.6 is 141 Å². The van der Waals surface area contributed by atoms with Gasteiger partial charge in [-0.15, -0.1) is 47.0 Å². The average Bonchev–Trinajstić information content (AvgIpc) is 2.11. The third kappa shape index (κ3) is 15.5. The van der Waals surface area contributed by atoms with Crippen LogP contribution in [0.1, 0.15) is 151 Å². The molecule has 0 spiro atoms. The van der Waals surface area contributed by atoms with Crippen molar-refractivity contribution in [1.82, 2.24) is 9.13 Å². The van der Waals surface area contributed by atoms with E-state index in [1.807, 2.05) is 141 Å². The highest BCUT2D eigenvalue weighted by atomic mass is 32.3. The fourth-order valence-electron chi connectivity index (χ4n) is 10.4. The Morgan fingerprint density at radius 3 is 0.814 bits per heavy atom. The fraction of sp³-hybridized carbons (Fsp3) is 0.412. The predicted octanol–water partition coefficient (Wildman–Crippen LogP) is 23.5. The normalized spacial score (nSPS) is 15.6. The van der Waals surface area contributed by atoms with E-state index < -0.39 is 0 Å². The van der Waals surface area contributed by atoms with Crippen molar-refractivity contribution in [2.45, 2.75) is 152 Å². The van der Waals surface area contributed by atoms with Crippen LogP contribution in [0.25, 0.3) is 11.4 Å². The summed E-state index contributed by atoms with van der Waals surface area (Å²) >= 11 is 23.8. The van der Waals surface area contributed by atoms with Crippen molar-refractivity contribution >= 4 is 141 Å². The van der Waals surface area contributed by atoms with Gasteiger partial charge in [-0.2, -0.15) is 0 Å². The second-order valence-corrected chi connectivity index (χ2v) is 36.2. The van der Waals surface area contributed by atoms with Crippen molar-refractivity contribution in [3.8, 4) is 34.4 Å². The molecule has 1 aliphatic carbocycles. The summed E-state index contributed by atoms with van der Waals surface area (Å²) in [6.45, 7) is 20.4. The fourth-order valence-corrected chi connectivity index (χ4v) is 27.4. The second kappa shape index (κ2) is 31.9. The minimum atomic E-state index is 0.620. The van der Waals surface area contributed by atoms with Crippen molar-refractivity contribution < 1.29 is 18.9 Å². The molecule has 456 valence electrons. The Balaban J connectivity index is 0.994. The van der Waals surface area contributed by atoms with Gasteiger partial charge in [-0.25, -0.2) is 0 Å². The van der Waals surface area contributed by atoms with Crippen LogP contribution in [-0.4, -0.2) is 58.6 Å². The maximum atomic E-state index is 7.02. The SMILES string of the molecule is CCCOc1c2cccc1Cc1cc(-n3cc4c(c3)SC(=C3SC(SCCC)=C(SCCC)S3)S4)cc(c1OCCC)Cc1cccc(c1OCCC)Cc1cc(-n3cc4c(c3)SC(=C3SC(SCCC)=C(SCCC)S3)S4)cc(c1OCCC)C2. The van der Waals surface area contributed by atoms with E-state index in [9.17, 15) is 0 Å². The number of hydrogen-bond acceptors (Lipinski definition) is 16. The molecule has 0 saturated carbocycles. The maximum Gasteiger partial charge on any atom is 0.126 e. The van der Waals surface area contributed by atoms with Gasteiger partial charge in [-0.3, -0.25) is 0 Å². The van der Waals surface area contributed by atoms with Crippen LogP contribution in [0.2, 0.25) is 0 Å². The highest BCUT2D eigenvalue weighted by Gasteiger charge is 2.33. The van der Waals surface area contributed by atoms with Gasteiger partial charge in [-0.1, -0.05) is 186 Å². The van der Waals surface area contributed by atoms with Gasteiger partial charge in [-0.05, 0) is 121 Å². The van der Waals surface area contributed by atoms with Crippen molar-refractivity contribution in [3.63, 3.8) is 0 Å². The first-order valence-electron chi connectivity index (χ1n) is 30.6. The van der Waals surface area contributed by atoms with Gasteiger partial charge in [0.25, 0.3) is 0 Å². The Morgan fingerprint density at radius 1 is 0.326 bits per heavy atom. The van der Waals surface area contributed by atoms with Crippen LogP contribution in [-0.2, 0) is 25.7 Å². The quantitative estimate of drug-likeness (QED) is 0.0517. The minimum Gasteiger partial charge on any atom is -0.493 e. The highest BCUT2D eigenvalue weighted by molar-refractivity contribution is 8.43. The van der Waals surface area contributed by atoms with E-state index in [0.717, 1.165) is 128 Å². The molecular formula is C68H78N2O4S12. The van der Waals surface area contributed by atoms with Crippen LogP contribution in [0.15, 0.2) is 139 Å². The molecule has 11 rings (SSSR count). The molecule has 6 heterocycles. The second-order valence-electron chi connectivity index (χ2n) is 21.4. The number of rotatable bonds is 26. The van der Waals surface area contributed by atoms with Crippen LogP contribution in [0.3, 0.4) is 0 Å². The van der Waals surface area contributed by atoms with E-state index in [-0.39, 0.29) is 0 Å². The molecule has 4 aromatic carbocycles. The highest BCUT2D eigenvalue weighted by Crippen LogP contribution is 2.66. The summed E-state index contributed by atoms with van der Waals surface area (Å²) < 4.78 is 44.4. The molecule has 0 N–H and O–H groups in total. The summed E-state index contributed by atoms with van der Waals surface area (Å²) in [5.74, 6) is 8.47. The lowest BCUT2D eigenvalue weighted by Gasteiger charge is -2.24. The monoisotopic (exact) mass is 1370 g/mol. The lowest BCUT2D eigenvalue weighted by Crippen LogP contribution is -2.11. The molecule has 0 atom stereocenters. The summed E-state index contributed by atoms with van der Waals surface area (Å²) in [4.78, 5) is 5.25. The molecule has 0 saturated heterocycles. The summed E-state index contributed by atoms with van der Waals surface area (Å²) in [7, 11) is 0. The van der Waals surface area contributed by atoms with Crippen LogP contribution < -0.4 is 18.9 Å². The maximum absolute atomic E-state index is 7.02. The van der Waals surface area contributed by atoms with E-state index in [0.29, 0.717) is 52.1 Å². The Labute approximate surface area is 563 Å². The van der Waals surface area contributed by atoms with Gasteiger partial charge < -0.3 is 28.1 Å². The lowest BCUT2D eigenvalue weighted by molar-refractivity contribution is 0.304. The Hall–Kier alpha value is -2.20. The van der Waals surface area contributed by atoms with Crippen molar-refractivity contribution in [3.05, 3.63) is 164 Å². The molecular weight excluding hydrogens is 1290 g/mol. The van der Waals surface area contributed by atoms with Crippen molar-refractivity contribution in [1.29, 1.82) is 0 Å². The van der Waals surface area contributed by atoms with Gasteiger partial charge in [0.05, 0.1) is 60.3 Å². The number of nitrogens with zero attached hydrogens (tertiary/aromatic N) is 2. The molecule has 0 amide bonds. The molecule has 0 radical (unpaired) electrons. The number of hydrogen-bond donors (Lipinski definition) is 0. The zero-order valence-electron chi connectivity index (χ0n) is 50.7. The summed E-state index contributed by atoms with van der Waals surface area (Å²) in [6.07, 6.45) is 20.4. The summed E-state index contributed by atoms with van der Waals surface area (Å²) in [6, 6.07) is 23.1. The average molecular weight is 1370 g/mol. The van der Waals surface area contributed by atoms with E-state index in [1.165, 1.54) is 79.2 Å². The van der Waals surface area contributed by atoms with Crippen LogP contribution in [0, 0.1) is 0 Å². The van der Waals surface area contributed by atoms with Crippen molar-refractivity contribution in [2.24, 2.45) is 0 Å². The van der Waals surface area contributed by atoms with Gasteiger partial charge in [0.2, 0.25) is 0 Å². The molecule has 6 nitrogen and oxygen atoms in total. The molecule has 0 fully saturated rings. The first-order valence-corrected chi connectivity index (χ1v) is 41.1. The molecule has 2 aromatic heterocycles. The molecule has 8 bridgehead atoms. The molecule has 0 unspecified atom stereocenters. The Morgan fingerprint density at radius 2 is 0.570 bits per heavy atom. The largest absolute Gasteiger partial charge is 0.493 e. The topological polar surface area (TPSA) is 46.8 Å². The number of thioether (sulfide) groups is 12. The molecule has 5 aliphatic rings. The van der Waals surface area contributed by atoms with Crippen molar-refractivity contribution in [2.75, 3.05) is 49.4 Å². The first-order chi connectivity index (χ1) is 42.2. The summed E-state index contributed by atoms with van der Waals surface area (Å²) in [5.41, 5.74) is 11.5. The predicted molar refractivity (Wildman–Crippen MR) is 392 cm³/mol. The zero-order valence-corrected chi connectivity index (χ0v) is 60.4. The third-order valence-corrected chi connectivity index (χ3v) is 32.1. The Bertz CT molecular complexity index is 3130. The van der Waals surface area contributed by atoms with E-state index in [1.54, 1.807) is 0 Å². The number of fused-ring (bicyclic) bond motifs is 10. The zero-order chi connectivity index (χ0) is 59.5. The lowest BCUT2D eigenvalue weighted by atomic mass is 9.90. The smallest absolute Gasteiger partial charge is 0.126 e. The molecule has 6 aromatic rings. The van der Waals surface area contributed by atoms with Gasteiger partial charge in [0.1, 0.15) is 23.0 Å². The standard InChI is InChI=1S/C68H78N2O4S12/c1-9-23-71-57-43-19-17-20-44(57)32-48-36-52(70-41-55-56(42-70)82-66(81-55)68-85-63(77-29-15-7)64(86-68)78-30-16-8)38-50(60(48)74-26-12-4)34-46-22-18-21-45(58(46)72-24-10-2)33-49-37-51(35-47(31-43)59(49)73-25-11-3)69-39-53-54(40-69)80-65(79-53)67-83-61(75-27-13-5)62(84-67)76-28-14-6/h17-22,35-42H,9-16,23-34H2,1-8H3. The molecule has 86 heavy (non-hydrogen) atoms. The number of aromatic nitrogens is 2. The Kier molecular flexibility index (Phi) is 24.2. The van der Waals surface area contributed by atoms with Gasteiger partial charge in [0, 0.05) is 104 Å². The summed E-state index contributed by atoms with van der Waals surface area (Å²) in [5, 5.41) is 0. The minimum absolute atomic E-state index is 0.620. The first kappa shape index (κ1) is 65.3. The molecule has 4 aliphatic heterocycles. The van der Waals surface area contributed by atoms with Gasteiger partial charge in [0.15, 0.2) is 0 Å².